The smallest absolute Gasteiger partial charge is 0.337 e. The zero-order valence-electron chi connectivity index (χ0n) is 19.2. The summed E-state index contributed by atoms with van der Waals surface area (Å²) in [4.78, 5) is 30.8. The Hall–Kier alpha value is -3.91. The number of carbonyl (C=O) groups is 2. The first-order valence-electron chi connectivity index (χ1n) is 11.4. The van der Waals surface area contributed by atoms with Gasteiger partial charge in [-0.2, -0.15) is 0 Å². The molecule has 1 aromatic carbocycles. The van der Waals surface area contributed by atoms with E-state index < -0.39 is 5.97 Å². The lowest BCUT2D eigenvalue weighted by Crippen LogP contribution is -2.23. The highest BCUT2D eigenvalue weighted by Gasteiger charge is 2.25. The highest BCUT2D eigenvalue weighted by Crippen LogP contribution is 2.40. The number of esters is 1. The van der Waals surface area contributed by atoms with Crippen molar-refractivity contribution in [3.05, 3.63) is 87.9 Å². The number of hydrogen-bond donors (Lipinski definition) is 1. The van der Waals surface area contributed by atoms with E-state index in [1.165, 1.54) is 12.0 Å². The largest absolute Gasteiger partial charge is 0.467 e. The number of fused-ring (bicyclic) bond motifs is 1. The van der Waals surface area contributed by atoms with Gasteiger partial charge in [0, 0.05) is 10.4 Å². The summed E-state index contributed by atoms with van der Waals surface area (Å²) in [6.07, 6.45) is 7.26. The van der Waals surface area contributed by atoms with Crippen molar-refractivity contribution in [3.63, 3.8) is 0 Å². The molecular weight excluding hydrogens is 464 g/mol. The van der Waals surface area contributed by atoms with E-state index in [1.807, 2.05) is 24.3 Å². The number of furan rings is 2. The first-order chi connectivity index (χ1) is 17.1. The molecular formula is C27H24N2O5S. The van der Waals surface area contributed by atoms with Gasteiger partial charge >= 0.3 is 5.97 Å². The van der Waals surface area contributed by atoms with E-state index in [4.69, 9.17) is 13.6 Å². The molecule has 0 atom stereocenters. The molecule has 3 heterocycles. The van der Waals surface area contributed by atoms with E-state index in [0.29, 0.717) is 40.0 Å². The predicted octanol–water partition coefficient (Wildman–Crippen LogP) is 5.95. The summed E-state index contributed by atoms with van der Waals surface area (Å²) in [6, 6.07) is 14.3. The Bertz CT molecular complexity index is 1380. The zero-order valence-corrected chi connectivity index (χ0v) is 20.0. The van der Waals surface area contributed by atoms with Crippen molar-refractivity contribution < 1.29 is 23.2 Å². The van der Waals surface area contributed by atoms with Crippen molar-refractivity contribution in [2.45, 2.75) is 32.2 Å². The summed E-state index contributed by atoms with van der Waals surface area (Å²) in [5.41, 5.74) is 2.96. The molecule has 0 bridgehead atoms. The van der Waals surface area contributed by atoms with E-state index in [9.17, 15) is 9.59 Å². The lowest BCUT2D eigenvalue weighted by atomic mass is 9.95. The quantitative estimate of drug-likeness (QED) is 0.256. The molecule has 4 aromatic rings. The Balaban J connectivity index is 1.38. The number of nitrogens with zero attached hydrogens (tertiary/aromatic N) is 1. The molecule has 0 fully saturated rings. The van der Waals surface area contributed by atoms with Gasteiger partial charge < -0.3 is 18.9 Å². The molecule has 35 heavy (non-hydrogen) atoms. The standard InChI is InChI=1S/C27H24N2O5S/c1-32-27(31)18-7-4-6-17(14-18)22-12-11-20(34-22)16-29-26-24(21-9-2-3-10-23(21)35-26)25(30)28-15-19-8-5-13-33-19/h4-8,11-14,16H,2-3,9-10,15H2,1H3,(H,28,30)/b29-16-. The van der Waals surface area contributed by atoms with Crippen LogP contribution in [-0.2, 0) is 24.1 Å². The summed E-state index contributed by atoms with van der Waals surface area (Å²) < 4.78 is 16.1. The lowest BCUT2D eigenvalue weighted by molar-refractivity contribution is 0.0600. The summed E-state index contributed by atoms with van der Waals surface area (Å²) in [5, 5.41) is 3.64. The van der Waals surface area contributed by atoms with Crippen LogP contribution < -0.4 is 5.32 Å². The first kappa shape index (κ1) is 22.9. The van der Waals surface area contributed by atoms with Crippen LogP contribution >= 0.6 is 11.3 Å². The number of amides is 1. The summed E-state index contributed by atoms with van der Waals surface area (Å²) in [7, 11) is 1.35. The Labute approximate surface area is 206 Å². The third-order valence-electron chi connectivity index (χ3n) is 5.89. The number of thiophene rings is 1. The summed E-state index contributed by atoms with van der Waals surface area (Å²) >= 11 is 1.57. The Morgan fingerprint density at radius 2 is 2.03 bits per heavy atom. The highest BCUT2D eigenvalue weighted by molar-refractivity contribution is 7.16. The van der Waals surface area contributed by atoms with E-state index in [0.717, 1.165) is 36.8 Å². The van der Waals surface area contributed by atoms with E-state index in [1.54, 1.807) is 48.1 Å². The fourth-order valence-electron chi connectivity index (χ4n) is 4.16. The molecule has 0 spiro atoms. The van der Waals surface area contributed by atoms with Crippen LogP contribution in [0.15, 0.2) is 68.6 Å². The molecule has 0 radical (unpaired) electrons. The van der Waals surface area contributed by atoms with Crippen molar-refractivity contribution in [2.24, 2.45) is 4.99 Å². The molecule has 0 unspecified atom stereocenters. The number of ether oxygens (including phenoxy) is 1. The van der Waals surface area contributed by atoms with Gasteiger partial charge in [0.1, 0.15) is 22.3 Å². The number of nitrogens with one attached hydrogen (secondary N) is 1. The van der Waals surface area contributed by atoms with Crippen molar-refractivity contribution >= 4 is 34.4 Å². The third kappa shape index (κ3) is 4.97. The topological polar surface area (TPSA) is 94.0 Å². The SMILES string of the molecule is COC(=O)c1cccc(-c2ccc(/C=N\c3sc4c(c3C(=O)NCc3ccco3)CCCC4)o2)c1. The molecule has 0 saturated heterocycles. The van der Waals surface area contributed by atoms with Gasteiger partial charge in [-0.1, -0.05) is 12.1 Å². The fraction of sp³-hybridized carbons (Fsp3) is 0.222. The van der Waals surface area contributed by atoms with Crippen LogP contribution in [0.5, 0.6) is 0 Å². The minimum atomic E-state index is -0.403. The predicted molar refractivity (Wildman–Crippen MR) is 134 cm³/mol. The Kier molecular flexibility index (Phi) is 6.63. The van der Waals surface area contributed by atoms with E-state index in [2.05, 4.69) is 10.3 Å². The lowest BCUT2D eigenvalue weighted by Gasteiger charge is -2.12. The second kappa shape index (κ2) is 10.1. The molecule has 1 N–H and O–H groups in total. The second-order valence-electron chi connectivity index (χ2n) is 8.19. The van der Waals surface area contributed by atoms with Crippen LogP contribution in [0.1, 0.15) is 55.5 Å². The number of benzene rings is 1. The molecule has 8 heteroatoms. The maximum atomic E-state index is 13.1. The molecule has 1 aliphatic carbocycles. The first-order valence-corrected chi connectivity index (χ1v) is 12.2. The van der Waals surface area contributed by atoms with E-state index in [-0.39, 0.29) is 5.91 Å². The van der Waals surface area contributed by atoms with Crippen LogP contribution in [0.4, 0.5) is 5.00 Å². The van der Waals surface area contributed by atoms with Gasteiger partial charge in [-0.15, -0.1) is 11.3 Å². The maximum Gasteiger partial charge on any atom is 0.337 e. The number of hydrogen-bond acceptors (Lipinski definition) is 7. The Morgan fingerprint density at radius 3 is 2.86 bits per heavy atom. The molecule has 0 saturated carbocycles. The van der Waals surface area contributed by atoms with Crippen molar-refractivity contribution in [1.82, 2.24) is 5.32 Å². The highest BCUT2D eigenvalue weighted by atomic mass is 32.1. The van der Waals surface area contributed by atoms with Crippen LogP contribution in [0.3, 0.4) is 0 Å². The minimum Gasteiger partial charge on any atom is -0.467 e. The van der Waals surface area contributed by atoms with Gasteiger partial charge in [-0.25, -0.2) is 9.79 Å². The molecule has 5 rings (SSSR count). The molecule has 0 aliphatic heterocycles. The van der Waals surface area contributed by atoms with Gasteiger partial charge in [-0.3, -0.25) is 4.79 Å². The van der Waals surface area contributed by atoms with Crippen molar-refractivity contribution in [2.75, 3.05) is 7.11 Å². The van der Waals surface area contributed by atoms with Gasteiger partial charge in [0.25, 0.3) is 5.91 Å². The van der Waals surface area contributed by atoms with E-state index >= 15 is 0 Å². The van der Waals surface area contributed by atoms with Crippen LogP contribution in [0.25, 0.3) is 11.3 Å². The number of aryl methyl sites for hydroxylation is 1. The average Bonchev–Trinajstić information content (AvgIpc) is 3.65. The molecule has 178 valence electrons. The fourth-order valence-corrected chi connectivity index (χ4v) is 5.39. The average molecular weight is 489 g/mol. The van der Waals surface area contributed by atoms with Gasteiger partial charge in [0.2, 0.25) is 0 Å². The number of rotatable bonds is 7. The van der Waals surface area contributed by atoms with Crippen molar-refractivity contribution in [3.8, 4) is 11.3 Å². The monoisotopic (exact) mass is 488 g/mol. The zero-order chi connectivity index (χ0) is 24.2. The van der Waals surface area contributed by atoms with Gasteiger partial charge in [0.15, 0.2) is 0 Å². The second-order valence-corrected chi connectivity index (χ2v) is 9.27. The molecule has 7 nitrogen and oxygen atoms in total. The van der Waals surface area contributed by atoms with Crippen LogP contribution in [0, 0.1) is 0 Å². The van der Waals surface area contributed by atoms with Crippen LogP contribution in [0.2, 0.25) is 0 Å². The Morgan fingerprint density at radius 1 is 1.14 bits per heavy atom. The molecule has 3 aromatic heterocycles. The maximum absolute atomic E-state index is 13.1. The minimum absolute atomic E-state index is 0.146. The molecule has 1 amide bonds. The van der Waals surface area contributed by atoms with Crippen molar-refractivity contribution in [1.29, 1.82) is 0 Å². The van der Waals surface area contributed by atoms with Gasteiger partial charge in [0.05, 0.1) is 37.3 Å². The normalized spacial score (nSPS) is 13.1. The van der Waals surface area contributed by atoms with Crippen LogP contribution in [-0.4, -0.2) is 25.2 Å². The number of carbonyl (C=O) groups excluding carboxylic acids is 2. The summed E-state index contributed by atoms with van der Waals surface area (Å²) in [6.45, 7) is 0.325. The number of aliphatic imine (C=N–C) groups is 1. The third-order valence-corrected chi connectivity index (χ3v) is 7.09. The van der Waals surface area contributed by atoms with Gasteiger partial charge in [-0.05, 0) is 67.6 Å². The summed E-state index contributed by atoms with van der Waals surface area (Å²) in [5.74, 6) is 1.31. The molecule has 1 aliphatic rings. The number of methoxy groups -OCH3 is 1.